The van der Waals surface area contributed by atoms with Crippen LogP contribution in [0.4, 0.5) is 14.9 Å². The normalized spacial score (nSPS) is 17.0. The molecular weight excluding hydrogens is 311 g/mol. The Kier molecular flexibility index (Phi) is 5.10. The van der Waals surface area contributed by atoms with Crippen LogP contribution in [0.2, 0.25) is 0 Å². The minimum absolute atomic E-state index is 0.198. The zero-order valence-electron chi connectivity index (χ0n) is 13.6. The number of anilines is 1. The van der Waals surface area contributed by atoms with E-state index in [9.17, 15) is 9.18 Å². The van der Waals surface area contributed by atoms with Gasteiger partial charge in [-0.3, -0.25) is 4.68 Å². The third kappa shape index (κ3) is 4.32. The highest BCUT2D eigenvalue weighted by molar-refractivity contribution is 5.88. The molecule has 1 aliphatic heterocycles. The molecule has 2 amide bonds. The number of urea groups is 1. The van der Waals surface area contributed by atoms with Gasteiger partial charge in [0, 0.05) is 26.4 Å². The van der Waals surface area contributed by atoms with Crippen LogP contribution in [-0.2, 0) is 17.8 Å². The summed E-state index contributed by atoms with van der Waals surface area (Å²) in [5, 5.41) is 7.03. The van der Waals surface area contributed by atoms with Gasteiger partial charge in [0.2, 0.25) is 0 Å². The van der Waals surface area contributed by atoms with Gasteiger partial charge in [-0.25, -0.2) is 9.18 Å². The molecule has 1 saturated heterocycles. The maximum atomic E-state index is 13.2. The molecule has 24 heavy (non-hydrogen) atoms. The number of benzene rings is 1. The van der Waals surface area contributed by atoms with Crippen LogP contribution in [0.3, 0.4) is 0 Å². The van der Waals surface area contributed by atoms with Crippen molar-refractivity contribution in [3.8, 4) is 0 Å². The lowest BCUT2D eigenvalue weighted by atomic mass is 10.2. The van der Waals surface area contributed by atoms with Crippen molar-refractivity contribution >= 4 is 11.7 Å². The van der Waals surface area contributed by atoms with E-state index >= 15 is 0 Å². The highest BCUT2D eigenvalue weighted by atomic mass is 19.1. The topological polar surface area (TPSA) is 59.4 Å². The van der Waals surface area contributed by atoms with Crippen LogP contribution >= 0.6 is 0 Å². The number of hydrogen-bond donors (Lipinski definition) is 1. The Morgan fingerprint density at radius 1 is 1.54 bits per heavy atom. The quantitative estimate of drug-likeness (QED) is 0.916. The van der Waals surface area contributed by atoms with Crippen molar-refractivity contribution in [2.24, 2.45) is 0 Å². The average molecular weight is 332 g/mol. The zero-order chi connectivity index (χ0) is 16.9. The molecule has 3 rings (SSSR count). The smallest absolute Gasteiger partial charge is 0.321 e. The van der Waals surface area contributed by atoms with Crippen molar-refractivity contribution in [1.29, 1.82) is 0 Å². The number of aromatic nitrogens is 2. The highest BCUT2D eigenvalue weighted by Gasteiger charge is 2.17. The molecule has 2 heterocycles. The molecule has 1 unspecified atom stereocenters. The lowest BCUT2D eigenvalue weighted by Crippen LogP contribution is -2.30. The largest absolute Gasteiger partial charge is 0.376 e. The van der Waals surface area contributed by atoms with Crippen LogP contribution in [0.1, 0.15) is 18.4 Å². The van der Waals surface area contributed by atoms with Gasteiger partial charge < -0.3 is 15.0 Å². The van der Waals surface area contributed by atoms with Gasteiger partial charge >= 0.3 is 6.03 Å². The van der Waals surface area contributed by atoms with Gasteiger partial charge in [0.05, 0.1) is 24.5 Å². The number of hydrogen-bond acceptors (Lipinski definition) is 3. The lowest BCUT2D eigenvalue weighted by Gasteiger charge is -2.17. The number of nitrogens with zero attached hydrogens (tertiary/aromatic N) is 3. The molecule has 0 saturated carbocycles. The Labute approximate surface area is 140 Å². The summed E-state index contributed by atoms with van der Waals surface area (Å²) >= 11 is 0. The summed E-state index contributed by atoms with van der Waals surface area (Å²) in [5.74, 6) is -0.309. The highest BCUT2D eigenvalue weighted by Crippen LogP contribution is 2.15. The monoisotopic (exact) mass is 332 g/mol. The van der Waals surface area contributed by atoms with Crippen molar-refractivity contribution < 1.29 is 13.9 Å². The van der Waals surface area contributed by atoms with E-state index < -0.39 is 0 Å². The van der Waals surface area contributed by atoms with Crippen LogP contribution in [-0.4, -0.2) is 40.5 Å². The van der Waals surface area contributed by atoms with E-state index in [4.69, 9.17) is 4.74 Å². The lowest BCUT2D eigenvalue weighted by molar-refractivity contribution is 0.0940. The molecule has 1 atom stereocenters. The van der Waals surface area contributed by atoms with Gasteiger partial charge in [-0.2, -0.15) is 5.10 Å². The SMILES string of the molecule is CN(Cc1cccc(F)c1)C(=O)Nc1cnn(CC2CCCO2)c1. The first-order valence-corrected chi connectivity index (χ1v) is 8.01. The molecule has 6 nitrogen and oxygen atoms in total. The predicted molar refractivity (Wildman–Crippen MR) is 88.1 cm³/mol. The number of rotatable bonds is 5. The minimum Gasteiger partial charge on any atom is -0.376 e. The molecule has 1 aliphatic rings. The van der Waals surface area contributed by atoms with Crippen LogP contribution in [0.25, 0.3) is 0 Å². The molecule has 1 N–H and O–H groups in total. The fourth-order valence-corrected chi connectivity index (χ4v) is 2.72. The fourth-order valence-electron chi connectivity index (χ4n) is 2.72. The van der Waals surface area contributed by atoms with E-state index in [-0.39, 0.29) is 18.0 Å². The summed E-state index contributed by atoms with van der Waals surface area (Å²) in [5.41, 5.74) is 1.37. The van der Waals surface area contributed by atoms with Gasteiger partial charge in [0.15, 0.2) is 0 Å². The number of halogens is 1. The summed E-state index contributed by atoms with van der Waals surface area (Å²) in [6.07, 6.45) is 5.72. The second-order valence-corrected chi connectivity index (χ2v) is 6.00. The van der Waals surface area contributed by atoms with E-state index in [0.717, 1.165) is 25.0 Å². The molecule has 128 valence electrons. The molecule has 0 radical (unpaired) electrons. The number of nitrogens with one attached hydrogen (secondary N) is 1. The number of carbonyl (C=O) groups excluding carboxylic acids is 1. The summed E-state index contributed by atoms with van der Waals surface area (Å²) < 4.78 is 20.5. The zero-order valence-corrected chi connectivity index (χ0v) is 13.6. The van der Waals surface area contributed by atoms with Crippen molar-refractivity contribution in [2.75, 3.05) is 19.0 Å². The molecule has 1 fully saturated rings. The van der Waals surface area contributed by atoms with Gasteiger partial charge in [0.25, 0.3) is 0 Å². The molecule has 7 heteroatoms. The maximum absolute atomic E-state index is 13.2. The first-order chi connectivity index (χ1) is 11.6. The average Bonchev–Trinajstić information content (AvgIpc) is 3.20. The Balaban J connectivity index is 1.53. The van der Waals surface area contributed by atoms with E-state index in [1.165, 1.54) is 17.0 Å². The van der Waals surface area contributed by atoms with Crippen molar-refractivity contribution in [3.63, 3.8) is 0 Å². The third-order valence-electron chi connectivity index (χ3n) is 3.95. The number of carbonyl (C=O) groups is 1. The van der Waals surface area contributed by atoms with Crippen molar-refractivity contribution in [3.05, 3.63) is 48.0 Å². The molecule has 1 aromatic carbocycles. The molecular formula is C17H21FN4O2. The summed E-state index contributed by atoms with van der Waals surface area (Å²) in [4.78, 5) is 13.7. The first kappa shape index (κ1) is 16.4. The Bertz CT molecular complexity index is 697. The van der Waals surface area contributed by atoms with Gasteiger partial charge in [-0.1, -0.05) is 12.1 Å². The summed E-state index contributed by atoms with van der Waals surface area (Å²) in [7, 11) is 1.66. The second-order valence-electron chi connectivity index (χ2n) is 6.00. The van der Waals surface area contributed by atoms with Crippen molar-refractivity contribution in [2.45, 2.75) is 32.0 Å². The van der Waals surface area contributed by atoms with Gasteiger partial charge in [-0.15, -0.1) is 0 Å². The van der Waals surface area contributed by atoms with Crippen LogP contribution < -0.4 is 5.32 Å². The predicted octanol–water partition coefficient (Wildman–Crippen LogP) is 2.87. The third-order valence-corrected chi connectivity index (χ3v) is 3.95. The van der Waals surface area contributed by atoms with Crippen molar-refractivity contribution in [1.82, 2.24) is 14.7 Å². The van der Waals surface area contributed by atoms with Gasteiger partial charge in [-0.05, 0) is 30.5 Å². The van der Waals surface area contributed by atoms with Crippen LogP contribution in [0.15, 0.2) is 36.7 Å². The van der Waals surface area contributed by atoms with E-state index in [0.29, 0.717) is 18.8 Å². The summed E-state index contributed by atoms with van der Waals surface area (Å²) in [6.45, 7) is 1.82. The Morgan fingerprint density at radius 2 is 2.42 bits per heavy atom. The number of ether oxygens (including phenoxy) is 1. The maximum Gasteiger partial charge on any atom is 0.321 e. The molecule has 0 aliphatic carbocycles. The Hall–Kier alpha value is -2.41. The first-order valence-electron chi connectivity index (χ1n) is 8.01. The molecule has 1 aromatic heterocycles. The van der Waals surface area contributed by atoms with E-state index in [1.807, 2.05) is 0 Å². The van der Waals surface area contributed by atoms with Crippen LogP contribution in [0, 0.1) is 5.82 Å². The fraction of sp³-hybridized carbons (Fsp3) is 0.412. The van der Waals surface area contributed by atoms with E-state index in [2.05, 4.69) is 10.4 Å². The standard InChI is InChI=1S/C17H21FN4O2/c1-21(10-13-4-2-5-14(18)8-13)17(23)20-15-9-19-22(11-15)12-16-6-3-7-24-16/h2,4-5,8-9,11,16H,3,6-7,10,12H2,1H3,(H,20,23). The summed E-state index contributed by atoms with van der Waals surface area (Å²) in [6, 6.07) is 5.95. The van der Waals surface area contributed by atoms with Gasteiger partial charge in [0.1, 0.15) is 5.82 Å². The molecule has 0 bridgehead atoms. The number of amides is 2. The molecule has 2 aromatic rings. The molecule has 0 spiro atoms. The second kappa shape index (κ2) is 7.44. The Morgan fingerprint density at radius 3 is 3.17 bits per heavy atom. The van der Waals surface area contributed by atoms with Crippen LogP contribution in [0.5, 0.6) is 0 Å². The van der Waals surface area contributed by atoms with E-state index in [1.54, 1.807) is 36.3 Å². The minimum atomic E-state index is -0.309.